The van der Waals surface area contributed by atoms with E-state index in [0.29, 0.717) is 19.3 Å². The Hall–Kier alpha value is -1.17. The largest absolute Gasteiger partial charge is 0.396 e. The minimum Gasteiger partial charge on any atom is -0.396 e. The third-order valence-corrected chi connectivity index (χ3v) is 4.84. The van der Waals surface area contributed by atoms with Crippen LogP contribution >= 0.6 is 31.9 Å². The molecule has 1 atom stereocenters. The summed E-state index contributed by atoms with van der Waals surface area (Å²) in [5.74, 6) is -0.0119. The minimum atomic E-state index is -0.187. The van der Waals surface area contributed by atoms with E-state index in [4.69, 9.17) is 0 Å². The van der Waals surface area contributed by atoms with E-state index in [1.807, 2.05) is 48.5 Å². The normalized spacial score (nSPS) is 12.0. The van der Waals surface area contributed by atoms with Gasteiger partial charge in [-0.25, -0.2) is 0 Å². The van der Waals surface area contributed by atoms with Gasteiger partial charge < -0.3 is 10.4 Å². The molecule has 0 unspecified atom stereocenters. The highest BCUT2D eigenvalue weighted by Crippen LogP contribution is 2.25. The Kier molecular flexibility index (Phi) is 7.27. The first-order valence-corrected chi connectivity index (χ1v) is 9.08. The molecule has 0 saturated heterocycles. The van der Waals surface area contributed by atoms with Crippen LogP contribution in [0.25, 0.3) is 0 Å². The number of hydrogen-bond acceptors (Lipinski definition) is 2. The summed E-state index contributed by atoms with van der Waals surface area (Å²) in [5.41, 5.74) is 2.11. The number of hydrogen-bond donors (Lipinski definition) is 2. The molecule has 0 aliphatic heterocycles. The molecular formula is C18H19Br2NO2. The van der Waals surface area contributed by atoms with Gasteiger partial charge in [0.15, 0.2) is 0 Å². The predicted molar refractivity (Wildman–Crippen MR) is 99.2 cm³/mol. The molecule has 0 aliphatic rings. The van der Waals surface area contributed by atoms with Crippen molar-refractivity contribution in [2.45, 2.75) is 25.3 Å². The van der Waals surface area contributed by atoms with Gasteiger partial charge >= 0.3 is 0 Å². The van der Waals surface area contributed by atoms with E-state index in [9.17, 15) is 9.90 Å². The second kappa shape index (κ2) is 9.21. The summed E-state index contributed by atoms with van der Waals surface area (Å²) in [4.78, 5) is 12.2. The highest BCUT2D eigenvalue weighted by molar-refractivity contribution is 9.10. The van der Waals surface area contributed by atoms with Crippen molar-refractivity contribution < 1.29 is 9.90 Å². The lowest BCUT2D eigenvalue weighted by atomic mass is 10.0. The molecule has 5 heteroatoms. The van der Waals surface area contributed by atoms with Gasteiger partial charge in [0.25, 0.3) is 0 Å². The van der Waals surface area contributed by atoms with E-state index >= 15 is 0 Å². The first kappa shape index (κ1) is 18.2. The van der Waals surface area contributed by atoms with Crippen LogP contribution in [0.1, 0.15) is 30.0 Å². The highest BCUT2D eigenvalue weighted by Gasteiger charge is 2.16. The zero-order chi connectivity index (χ0) is 16.7. The maximum Gasteiger partial charge on any atom is 0.220 e. The zero-order valence-electron chi connectivity index (χ0n) is 12.6. The summed E-state index contributed by atoms with van der Waals surface area (Å²) < 4.78 is 1.97. The van der Waals surface area contributed by atoms with Crippen LogP contribution in [0.15, 0.2) is 57.5 Å². The fraction of sp³-hybridized carbons (Fsp3) is 0.278. The lowest BCUT2D eigenvalue weighted by Gasteiger charge is -2.19. The van der Waals surface area contributed by atoms with E-state index in [1.54, 1.807) is 0 Å². The van der Waals surface area contributed by atoms with E-state index in [0.717, 1.165) is 20.1 Å². The van der Waals surface area contributed by atoms with Crippen LogP contribution < -0.4 is 5.32 Å². The van der Waals surface area contributed by atoms with Crippen molar-refractivity contribution in [1.82, 2.24) is 5.32 Å². The Morgan fingerprint density at radius 1 is 1.09 bits per heavy atom. The van der Waals surface area contributed by atoms with Gasteiger partial charge in [-0.05, 0) is 42.2 Å². The number of aliphatic hydroxyl groups is 1. The van der Waals surface area contributed by atoms with Crippen molar-refractivity contribution in [1.29, 1.82) is 0 Å². The smallest absolute Gasteiger partial charge is 0.220 e. The molecule has 0 bridgehead atoms. The number of amides is 1. The van der Waals surface area contributed by atoms with Crippen LogP contribution in [0, 0.1) is 0 Å². The minimum absolute atomic E-state index is 0.0119. The van der Waals surface area contributed by atoms with Crippen molar-refractivity contribution in [3.63, 3.8) is 0 Å². The molecule has 0 heterocycles. The molecule has 3 nitrogen and oxygen atoms in total. The Morgan fingerprint density at radius 2 is 1.78 bits per heavy atom. The van der Waals surface area contributed by atoms with Crippen molar-refractivity contribution in [2.75, 3.05) is 6.61 Å². The molecule has 122 valence electrons. The lowest BCUT2D eigenvalue weighted by Crippen LogP contribution is -2.29. The van der Waals surface area contributed by atoms with Gasteiger partial charge in [0.2, 0.25) is 5.91 Å². The quantitative estimate of drug-likeness (QED) is 0.670. The van der Waals surface area contributed by atoms with Crippen molar-refractivity contribution >= 4 is 37.8 Å². The number of nitrogens with one attached hydrogen (secondary N) is 1. The fourth-order valence-electron chi connectivity index (χ4n) is 2.37. The lowest BCUT2D eigenvalue weighted by molar-refractivity contribution is -0.121. The van der Waals surface area contributed by atoms with Gasteiger partial charge in [0.05, 0.1) is 6.04 Å². The van der Waals surface area contributed by atoms with Gasteiger partial charge in [-0.1, -0.05) is 62.2 Å². The van der Waals surface area contributed by atoms with E-state index in [1.165, 1.54) is 0 Å². The molecule has 2 aromatic carbocycles. The highest BCUT2D eigenvalue weighted by atomic mass is 79.9. The standard InChI is InChI=1S/C18H19Br2NO2/c19-14-8-5-13(6-9-14)7-10-18(23)21-17(11-12-22)15-3-1-2-4-16(15)20/h1-6,8-9,17,22H,7,10-12H2,(H,21,23)/t17-/m0/s1. The molecule has 2 aromatic rings. The van der Waals surface area contributed by atoms with Crippen LogP contribution in [-0.2, 0) is 11.2 Å². The number of benzene rings is 2. The summed E-state index contributed by atoms with van der Waals surface area (Å²) in [6.45, 7) is 0.0268. The Bertz CT molecular complexity index is 644. The second-order valence-corrected chi connectivity index (χ2v) is 7.05. The number of aryl methyl sites for hydroxylation is 1. The Morgan fingerprint density at radius 3 is 2.43 bits per heavy atom. The van der Waals surface area contributed by atoms with Crippen molar-refractivity contribution in [3.05, 3.63) is 68.6 Å². The average molecular weight is 441 g/mol. The second-order valence-electron chi connectivity index (χ2n) is 5.28. The van der Waals surface area contributed by atoms with Crippen molar-refractivity contribution in [2.24, 2.45) is 0 Å². The molecule has 1 amide bonds. The van der Waals surface area contributed by atoms with Gasteiger partial charge in [0, 0.05) is 22.0 Å². The van der Waals surface area contributed by atoms with Crippen LogP contribution in [-0.4, -0.2) is 17.6 Å². The number of halogens is 2. The van der Waals surface area contributed by atoms with Crippen LogP contribution in [0.3, 0.4) is 0 Å². The molecule has 0 saturated carbocycles. The fourth-order valence-corrected chi connectivity index (χ4v) is 3.19. The Labute approximate surface area is 153 Å². The number of carbonyl (C=O) groups excluding carboxylic acids is 1. The maximum atomic E-state index is 12.2. The zero-order valence-corrected chi connectivity index (χ0v) is 15.8. The molecule has 23 heavy (non-hydrogen) atoms. The topological polar surface area (TPSA) is 49.3 Å². The van der Waals surface area contributed by atoms with Crippen LogP contribution in [0.2, 0.25) is 0 Å². The molecule has 0 aromatic heterocycles. The summed E-state index contributed by atoms with van der Waals surface area (Å²) in [6.07, 6.45) is 1.61. The first-order chi connectivity index (χ1) is 11.1. The molecule has 0 fully saturated rings. The summed E-state index contributed by atoms with van der Waals surface area (Å²) >= 11 is 6.90. The molecule has 0 radical (unpaired) electrons. The van der Waals surface area contributed by atoms with Gasteiger partial charge in [-0.2, -0.15) is 0 Å². The molecular weight excluding hydrogens is 422 g/mol. The Balaban J connectivity index is 1.95. The first-order valence-electron chi connectivity index (χ1n) is 7.49. The van der Waals surface area contributed by atoms with E-state index in [2.05, 4.69) is 37.2 Å². The number of carbonyl (C=O) groups is 1. The predicted octanol–water partition coefficient (Wildman–Crippen LogP) is 4.38. The number of aliphatic hydroxyl groups excluding tert-OH is 1. The maximum absolute atomic E-state index is 12.2. The molecule has 2 N–H and O–H groups in total. The van der Waals surface area contributed by atoms with Crippen LogP contribution in [0.5, 0.6) is 0 Å². The summed E-state index contributed by atoms with van der Waals surface area (Å²) in [6, 6.07) is 15.5. The monoisotopic (exact) mass is 439 g/mol. The third-order valence-electron chi connectivity index (χ3n) is 3.59. The van der Waals surface area contributed by atoms with Crippen molar-refractivity contribution in [3.8, 4) is 0 Å². The molecule has 2 rings (SSSR count). The van der Waals surface area contributed by atoms with Gasteiger partial charge in [0.1, 0.15) is 0 Å². The average Bonchev–Trinajstić information content (AvgIpc) is 2.54. The molecule has 0 spiro atoms. The summed E-state index contributed by atoms with van der Waals surface area (Å²) in [7, 11) is 0. The molecule has 0 aliphatic carbocycles. The van der Waals surface area contributed by atoms with E-state index < -0.39 is 0 Å². The van der Waals surface area contributed by atoms with Crippen LogP contribution in [0.4, 0.5) is 0 Å². The van der Waals surface area contributed by atoms with E-state index in [-0.39, 0.29) is 18.6 Å². The number of rotatable bonds is 7. The van der Waals surface area contributed by atoms with Gasteiger partial charge in [-0.15, -0.1) is 0 Å². The third kappa shape index (κ3) is 5.75. The van der Waals surface area contributed by atoms with Gasteiger partial charge in [-0.3, -0.25) is 4.79 Å². The summed E-state index contributed by atoms with van der Waals surface area (Å²) in [5, 5.41) is 12.3. The SMILES string of the molecule is O=C(CCc1ccc(Br)cc1)N[C@@H](CCO)c1ccccc1Br.